The molecule has 1 saturated heterocycles. The van der Waals surface area contributed by atoms with E-state index in [1.54, 1.807) is 12.1 Å². The number of carbonyl (C=O) groups is 3. The van der Waals surface area contributed by atoms with Crippen LogP contribution < -0.4 is 15.9 Å². The number of allylic oxidation sites excluding steroid dienone is 2. The van der Waals surface area contributed by atoms with Gasteiger partial charge in [0.25, 0.3) is 5.91 Å². The first-order chi connectivity index (χ1) is 14.4. The van der Waals surface area contributed by atoms with E-state index in [-0.39, 0.29) is 18.5 Å². The molecule has 8 nitrogen and oxygen atoms in total. The van der Waals surface area contributed by atoms with Crippen LogP contribution in [0.3, 0.4) is 0 Å². The molecule has 2 heterocycles. The van der Waals surface area contributed by atoms with Crippen LogP contribution in [0.25, 0.3) is 0 Å². The summed E-state index contributed by atoms with van der Waals surface area (Å²) in [5.74, 6) is 5.26. The van der Waals surface area contributed by atoms with Crippen LogP contribution in [0.15, 0.2) is 47.7 Å². The van der Waals surface area contributed by atoms with Gasteiger partial charge in [-0.15, -0.1) is 0 Å². The summed E-state index contributed by atoms with van der Waals surface area (Å²) in [6.45, 7) is 4.35. The lowest BCUT2D eigenvalue weighted by Crippen LogP contribution is -2.37. The van der Waals surface area contributed by atoms with Crippen molar-refractivity contribution in [3.8, 4) is 5.75 Å². The summed E-state index contributed by atoms with van der Waals surface area (Å²) in [5, 5.41) is 3.00. The van der Waals surface area contributed by atoms with Crippen LogP contribution >= 0.6 is 11.8 Å². The Balaban J connectivity index is 1.59. The summed E-state index contributed by atoms with van der Waals surface area (Å²) in [4.78, 5) is 34.9. The summed E-state index contributed by atoms with van der Waals surface area (Å²) in [5.41, 5.74) is 2.96. The van der Waals surface area contributed by atoms with Crippen molar-refractivity contribution < 1.29 is 23.9 Å². The average Bonchev–Trinajstić information content (AvgIpc) is 2.98. The van der Waals surface area contributed by atoms with Crippen molar-refractivity contribution in [1.82, 2.24) is 10.3 Å². The molecular weight excluding hydrogens is 406 g/mol. The van der Waals surface area contributed by atoms with E-state index in [0.29, 0.717) is 17.2 Å². The molecule has 2 amide bonds. The van der Waals surface area contributed by atoms with Gasteiger partial charge in [0.1, 0.15) is 12.4 Å². The van der Waals surface area contributed by atoms with Crippen molar-refractivity contribution in [2.24, 2.45) is 5.84 Å². The number of nitrogens with two attached hydrogens (primary N) is 1. The zero-order valence-electron chi connectivity index (χ0n) is 16.9. The Morgan fingerprint density at radius 1 is 1.30 bits per heavy atom. The summed E-state index contributed by atoms with van der Waals surface area (Å²) in [7, 11) is 0. The summed E-state index contributed by atoms with van der Waals surface area (Å²) >= 11 is 0.933. The molecule has 0 radical (unpaired) electrons. The Labute approximate surface area is 179 Å². The van der Waals surface area contributed by atoms with Gasteiger partial charge >= 0.3 is 11.2 Å². The summed E-state index contributed by atoms with van der Waals surface area (Å²) < 4.78 is 11.2. The molecule has 1 unspecified atom stereocenters. The highest BCUT2D eigenvalue weighted by Gasteiger charge is 2.37. The Morgan fingerprint density at radius 3 is 2.57 bits per heavy atom. The van der Waals surface area contributed by atoms with Gasteiger partial charge in [0.05, 0.1) is 10.9 Å². The quantitative estimate of drug-likeness (QED) is 0.366. The summed E-state index contributed by atoms with van der Waals surface area (Å²) in [6.07, 6.45) is 4.78. The fraction of sp³-hybridized carbons (Fsp3) is 0.381. The molecule has 1 fully saturated rings. The lowest BCUT2D eigenvalue weighted by molar-refractivity contribution is -0.146. The van der Waals surface area contributed by atoms with E-state index in [1.165, 1.54) is 12.5 Å². The van der Waals surface area contributed by atoms with Crippen LogP contribution in [0.1, 0.15) is 25.8 Å². The number of rotatable bonds is 8. The van der Waals surface area contributed by atoms with Crippen LogP contribution in [-0.4, -0.2) is 46.6 Å². The lowest BCUT2D eigenvalue weighted by atomic mass is 10.1. The third-order valence-corrected chi connectivity index (χ3v) is 5.88. The molecule has 160 valence electrons. The van der Waals surface area contributed by atoms with Gasteiger partial charge in [0, 0.05) is 13.5 Å². The molecule has 2 aliphatic rings. The number of imide groups is 1. The minimum absolute atomic E-state index is 0.167. The topological polar surface area (TPSA) is 111 Å². The van der Waals surface area contributed by atoms with E-state index in [0.717, 1.165) is 36.0 Å². The molecule has 0 spiro atoms. The maximum absolute atomic E-state index is 11.9. The van der Waals surface area contributed by atoms with Crippen molar-refractivity contribution in [3.63, 3.8) is 0 Å². The van der Waals surface area contributed by atoms with Gasteiger partial charge in [-0.25, -0.2) is 10.9 Å². The molecule has 3 rings (SSSR count). The Hall–Kier alpha value is -2.78. The number of carbonyl (C=O) groups excluding carboxylic acids is 3. The Kier molecular flexibility index (Phi) is 7.17. The molecule has 1 aromatic rings. The van der Waals surface area contributed by atoms with E-state index < -0.39 is 16.6 Å². The zero-order valence-corrected chi connectivity index (χ0v) is 17.7. The van der Waals surface area contributed by atoms with E-state index >= 15 is 0 Å². The number of benzene rings is 1. The highest BCUT2D eigenvalue weighted by atomic mass is 32.2. The van der Waals surface area contributed by atoms with Crippen LogP contribution in [0.2, 0.25) is 0 Å². The number of amides is 2. The van der Waals surface area contributed by atoms with E-state index in [9.17, 15) is 14.4 Å². The first-order valence-corrected chi connectivity index (χ1v) is 10.6. The van der Waals surface area contributed by atoms with Crippen molar-refractivity contribution in [2.45, 2.75) is 38.0 Å². The van der Waals surface area contributed by atoms with Crippen LogP contribution in [0.4, 0.5) is 4.79 Å². The normalized spacial score (nSPS) is 19.7. The number of dihydropyridines is 1. The third kappa shape index (κ3) is 5.43. The smallest absolute Gasteiger partial charge is 0.303 e. The monoisotopic (exact) mass is 431 g/mol. The predicted molar refractivity (Wildman–Crippen MR) is 113 cm³/mol. The van der Waals surface area contributed by atoms with Crippen LogP contribution in [0.5, 0.6) is 5.75 Å². The first kappa shape index (κ1) is 21.9. The molecule has 2 aliphatic heterocycles. The van der Waals surface area contributed by atoms with Crippen molar-refractivity contribution >= 4 is 28.9 Å². The van der Waals surface area contributed by atoms with E-state index in [2.05, 4.69) is 12.2 Å². The molecule has 9 heteroatoms. The standard InChI is InChI=1S/C21H25N3O5S/c1-3-14-6-9-17(23-11-14)18(29-13(2)25)12-28-16-7-4-15(5-8-16)10-19-20(26)24(22)21(27)30-19/h4-9,18-19,23H,3,10-12,22H2,1-2H3/t18-,19?/m1/s1. The maximum atomic E-state index is 11.9. The molecule has 2 atom stereocenters. The van der Waals surface area contributed by atoms with Gasteiger partial charge in [-0.1, -0.05) is 30.7 Å². The van der Waals surface area contributed by atoms with Gasteiger partial charge in [-0.2, -0.15) is 0 Å². The Bertz CT molecular complexity index is 881. The van der Waals surface area contributed by atoms with Gasteiger partial charge in [0.15, 0.2) is 6.10 Å². The van der Waals surface area contributed by atoms with E-state index in [4.69, 9.17) is 15.3 Å². The first-order valence-electron chi connectivity index (χ1n) is 9.69. The van der Waals surface area contributed by atoms with Gasteiger partial charge < -0.3 is 14.8 Å². The second kappa shape index (κ2) is 9.82. The highest BCUT2D eigenvalue weighted by molar-refractivity contribution is 8.15. The second-order valence-corrected chi connectivity index (χ2v) is 8.15. The number of hydrazine groups is 1. The predicted octanol–water partition coefficient (Wildman–Crippen LogP) is 2.30. The average molecular weight is 432 g/mol. The molecule has 0 bridgehead atoms. The minimum Gasteiger partial charge on any atom is -0.489 e. The fourth-order valence-corrected chi connectivity index (χ4v) is 4.04. The number of nitrogens with zero attached hydrogens (tertiary/aromatic N) is 1. The number of hydrogen-bond acceptors (Lipinski definition) is 8. The second-order valence-electron chi connectivity index (χ2n) is 6.99. The number of ether oxygens (including phenoxy) is 2. The molecule has 1 aromatic carbocycles. The zero-order chi connectivity index (χ0) is 21.7. The molecular formula is C21H25N3O5S. The molecule has 0 saturated carbocycles. The van der Waals surface area contributed by atoms with Gasteiger partial charge in [-0.3, -0.25) is 14.4 Å². The molecule has 3 N–H and O–H groups in total. The van der Waals surface area contributed by atoms with Crippen molar-refractivity contribution in [3.05, 3.63) is 53.3 Å². The van der Waals surface area contributed by atoms with Crippen LogP contribution in [-0.2, 0) is 20.7 Å². The maximum Gasteiger partial charge on any atom is 0.303 e. The highest BCUT2D eigenvalue weighted by Crippen LogP contribution is 2.28. The Morgan fingerprint density at radius 2 is 2.03 bits per heavy atom. The van der Waals surface area contributed by atoms with Crippen molar-refractivity contribution in [1.29, 1.82) is 0 Å². The minimum atomic E-state index is -0.536. The van der Waals surface area contributed by atoms with Crippen LogP contribution in [0, 0.1) is 0 Å². The third-order valence-electron chi connectivity index (χ3n) is 4.83. The molecule has 30 heavy (non-hydrogen) atoms. The van der Waals surface area contributed by atoms with Gasteiger partial charge in [-0.05, 0) is 48.4 Å². The van der Waals surface area contributed by atoms with Gasteiger partial charge in [0.2, 0.25) is 0 Å². The molecule has 0 aromatic heterocycles. The number of hydrogen-bond donors (Lipinski definition) is 2. The van der Waals surface area contributed by atoms with E-state index in [1.807, 2.05) is 24.3 Å². The fourth-order valence-electron chi connectivity index (χ4n) is 3.10. The molecule has 0 aliphatic carbocycles. The number of thioether (sulfide) groups is 1. The lowest BCUT2D eigenvalue weighted by Gasteiger charge is -2.24. The summed E-state index contributed by atoms with van der Waals surface area (Å²) in [6, 6.07) is 7.23. The van der Waals surface area contributed by atoms with Crippen molar-refractivity contribution in [2.75, 3.05) is 13.2 Å². The largest absolute Gasteiger partial charge is 0.489 e. The number of nitrogens with one attached hydrogen (secondary N) is 1. The number of esters is 1. The SMILES string of the molecule is CCC1=CC=C([C@@H](COc2ccc(CC3SC(=O)N(N)C3=O)cc2)OC(C)=O)NC1.